The monoisotopic (exact) mass is 270 g/mol. The number of hydrogen-bond donors (Lipinski definition) is 1. The summed E-state index contributed by atoms with van der Waals surface area (Å²) >= 11 is 6.03. The standard InChI is InChI=1S/C13H15ClO4/c1-13(2,12(15)16)5-8-3-10(14)4-9-6-17-7-18-11(8)9/h3-4H,5-7H2,1-2H3,(H,15,16). The van der Waals surface area contributed by atoms with Crippen LogP contribution in [0.3, 0.4) is 0 Å². The molecule has 0 amide bonds. The second-order valence-corrected chi connectivity index (χ2v) is 5.47. The Labute approximate surface area is 110 Å². The van der Waals surface area contributed by atoms with Gasteiger partial charge >= 0.3 is 5.97 Å². The normalized spacial score (nSPS) is 14.8. The van der Waals surface area contributed by atoms with Gasteiger partial charge in [0.15, 0.2) is 6.79 Å². The third-order valence-electron chi connectivity index (χ3n) is 2.96. The summed E-state index contributed by atoms with van der Waals surface area (Å²) < 4.78 is 10.6. The summed E-state index contributed by atoms with van der Waals surface area (Å²) in [6.45, 7) is 4.00. The summed E-state index contributed by atoms with van der Waals surface area (Å²) in [6, 6.07) is 3.55. The zero-order valence-electron chi connectivity index (χ0n) is 10.3. The van der Waals surface area contributed by atoms with Gasteiger partial charge in [0, 0.05) is 10.6 Å². The van der Waals surface area contributed by atoms with E-state index >= 15 is 0 Å². The van der Waals surface area contributed by atoms with Crippen molar-refractivity contribution in [3.63, 3.8) is 0 Å². The molecule has 1 heterocycles. The predicted octanol–water partition coefficient (Wildman–Crippen LogP) is 2.86. The van der Waals surface area contributed by atoms with E-state index in [9.17, 15) is 9.90 Å². The number of ether oxygens (including phenoxy) is 2. The summed E-state index contributed by atoms with van der Waals surface area (Å²) in [5.41, 5.74) is 0.818. The molecule has 0 atom stereocenters. The van der Waals surface area contributed by atoms with Crippen molar-refractivity contribution in [3.8, 4) is 5.75 Å². The molecule has 0 radical (unpaired) electrons. The first-order valence-corrected chi connectivity index (χ1v) is 6.03. The fourth-order valence-electron chi connectivity index (χ4n) is 1.94. The Morgan fingerprint density at radius 1 is 1.50 bits per heavy atom. The number of carboxylic acids is 1. The Balaban J connectivity index is 2.38. The summed E-state index contributed by atoms with van der Waals surface area (Å²) in [6.07, 6.45) is 0.366. The maximum absolute atomic E-state index is 11.2. The summed E-state index contributed by atoms with van der Waals surface area (Å²) in [4.78, 5) is 11.2. The quantitative estimate of drug-likeness (QED) is 0.918. The highest BCUT2D eigenvalue weighted by molar-refractivity contribution is 6.30. The fraction of sp³-hybridized carbons (Fsp3) is 0.462. The lowest BCUT2D eigenvalue weighted by atomic mass is 9.85. The Kier molecular flexibility index (Phi) is 3.50. The third-order valence-corrected chi connectivity index (χ3v) is 3.18. The number of carboxylic acid groups (broad SMARTS) is 1. The zero-order valence-corrected chi connectivity index (χ0v) is 11.1. The molecule has 0 bridgehead atoms. The molecule has 98 valence electrons. The summed E-state index contributed by atoms with van der Waals surface area (Å²) in [5, 5.41) is 9.75. The lowest BCUT2D eigenvalue weighted by Crippen LogP contribution is -2.27. The van der Waals surface area contributed by atoms with Gasteiger partial charge in [-0.05, 0) is 38.0 Å². The van der Waals surface area contributed by atoms with Crippen LogP contribution in [0.1, 0.15) is 25.0 Å². The van der Waals surface area contributed by atoms with Gasteiger partial charge in [-0.1, -0.05) is 11.6 Å². The van der Waals surface area contributed by atoms with Crippen LogP contribution in [-0.2, 0) is 22.6 Å². The molecule has 0 unspecified atom stereocenters. The van der Waals surface area contributed by atoms with Gasteiger partial charge in [-0.15, -0.1) is 0 Å². The van der Waals surface area contributed by atoms with Crippen LogP contribution in [0, 0.1) is 5.41 Å². The van der Waals surface area contributed by atoms with E-state index in [0.717, 1.165) is 11.1 Å². The maximum Gasteiger partial charge on any atom is 0.309 e. The van der Waals surface area contributed by atoms with Gasteiger partial charge < -0.3 is 14.6 Å². The van der Waals surface area contributed by atoms with Gasteiger partial charge in [0.1, 0.15) is 5.75 Å². The van der Waals surface area contributed by atoms with Crippen LogP contribution < -0.4 is 4.74 Å². The van der Waals surface area contributed by atoms with Gasteiger partial charge in [-0.3, -0.25) is 4.79 Å². The number of fused-ring (bicyclic) bond motifs is 1. The SMILES string of the molecule is CC(C)(Cc1cc(Cl)cc2c1OCOC2)C(=O)O. The number of carbonyl (C=O) groups is 1. The lowest BCUT2D eigenvalue weighted by molar-refractivity contribution is -0.146. The van der Waals surface area contributed by atoms with Crippen LogP contribution in [0.2, 0.25) is 5.02 Å². The predicted molar refractivity (Wildman–Crippen MR) is 66.9 cm³/mol. The van der Waals surface area contributed by atoms with Crippen LogP contribution in [0.15, 0.2) is 12.1 Å². The molecule has 1 aromatic carbocycles. The number of aliphatic carboxylic acids is 1. The molecule has 0 spiro atoms. The molecule has 0 fully saturated rings. The van der Waals surface area contributed by atoms with E-state index in [4.69, 9.17) is 21.1 Å². The van der Waals surface area contributed by atoms with Crippen molar-refractivity contribution in [2.75, 3.05) is 6.79 Å². The first-order valence-electron chi connectivity index (χ1n) is 5.65. The smallest absolute Gasteiger partial charge is 0.309 e. The molecule has 4 nitrogen and oxygen atoms in total. The Hall–Kier alpha value is -1.26. The molecular formula is C13H15ClO4. The second-order valence-electron chi connectivity index (χ2n) is 5.03. The van der Waals surface area contributed by atoms with Gasteiger partial charge in [0.2, 0.25) is 0 Å². The van der Waals surface area contributed by atoms with E-state index in [1.54, 1.807) is 26.0 Å². The third kappa shape index (κ3) is 2.60. The van der Waals surface area contributed by atoms with Gasteiger partial charge in [-0.2, -0.15) is 0 Å². The fourth-order valence-corrected chi connectivity index (χ4v) is 2.20. The Morgan fingerprint density at radius 3 is 2.89 bits per heavy atom. The highest BCUT2D eigenvalue weighted by Gasteiger charge is 2.30. The first-order chi connectivity index (χ1) is 8.40. The molecule has 1 aromatic rings. The van der Waals surface area contributed by atoms with Gasteiger partial charge in [0.05, 0.1) is 12.0 Å². The first kappa shape index (κ1) is 13.2. The van der Waals surface area contributed by atoms with E-state index in [0.29, 0.717) is 23.8 Å². The molecule has 18 heavy (non-hydrogen) atoms. The summed E-state index contributed by atoms with van der Waals surface area (Å²) in [7, 11) is 0. The largest absolute Gasteiger partial charge is 0.481 e. The Bertz CT molecular complexity index is 482. The molecule has 2 rings (SSSR count). The average Bonchev–Trinajstić information content (AvgIpc) is 2.28. The number of hydrogen-bond acceptors (Lipinski definition) is 3. The van der Waals surface area contributed by atoms with E-state index in [1.165, 1.54) is 0 Å². The van der Waals surface area contributed by atoms with Crippen LogP contribution in [0.25, 0.3) is 0 Å². The molecule has 0 saturated carbocycles. The number of rotatable bonds is 3. The van der Waals surface area contributed by atoms with Gasteiger partial charge in [-0.25, -0.2) is 0 Å². The van der Waals surface area contributed by atoms with Crippen molar-refractivity contribution in [2.45, 2.75) is 26.9 Å². The maximum atomic E-state index is 11.2. The van der Waals surface area contributed by atoms with Crippen LogP contribution in [0.5, 0.6) is 5.75 Å². The molecule has 0 saturated heterocycles. The minimum Gasteiger partial charge on any atom is -0.481 e. The van der Waals surface area contributed by atoms with E-state index in [-0.39, 0.29) is 6.79 Å². The van der Waals surface area contributed by atoms with Crippen molar-refractivity contribution >= 4 is 17.6 Å². The molecule has 1 N–H and O–H groups in total. The lowest BCUT2D eigenvalue weighted by Gasteiger charge is -2.25. The minimum absolute atomic E-state index is 0.190. The van der Waals surface area contributed by atoms with E-state index in [1.807, 2.05) is 0 Å². The molecule has 1 aliphatic rings. The molecule has 0 aliphatic carbocycles. The highest BCUT2D eigenvalue weighted by Crippen LogP contribution is 2.35. The number of halogens is 1. The molecular weight excluding hydrogens is 256 g/mol. The van der Waals surface area contributed by atoms with Crippen molar-refractivity contribution < 1.29 is 19.4 Å². The van der Waals surface area contributed by atoms with Crippen molar-refractivity contribution in [1.29, 1.82) is 0 Å². The highest BCUT2D eigenvalue weighted by atomic mass is 35.5. The van der Waals surface area contributed by atoms with Crippen LogP contribution in [-0.4, -0.2) is 17.9 Å². The Morgan fingerprint density at radius 2 is 2.22 bits per heavy atom. The second kappa shape index (κ2) is 4.78. The van der Waals surface area contributed by atoms with E-state index in [2.05, 4.69) is 0 Å². The molecule has 1 aliphatic heterocycles. The van der Waals surface area contributed by atoms with Crippen molar-refractivity contribution in [1.82, 2.24) is 0 Å². The minimum atomic E-state index is -0.861. The molecule has 5 heteroatoms. The topological polar surface area (TPSA) is 55.8 Å². The zero-order chi connectivity index (χ0) is 13.3. The van der Waals surface area contributed by atoms with Crippen LogP contribution >= 0.6 is 11.6 Å². The molecule has 0 aromatic heterocycles. The van der Waals surface area contributed by atoms with E-state index < -0.39 is 11.4 Å². The summed E-state index contributed by atoms with van der Waals surface area (Å²) in [5.74, 6) is -0.136. The van der Waals surface area contributed by atoms with Gasteiger partial charge in [0.25, 0.3) is 0 Å². The van der Waals surface area contributed by atoms with Crippen molar-refractivity contribution in [3.05, 3.63) is 28.3 Å². The van der Waals surface area contributed by atoms with Crippen LogP contribution in [0.4, 0.5) is 0 Å². The average molecular weight is 271 g/mol. The number of benzene rings is 1. The van der Waals surface area contributed by atoms with Crippen molar-refractivity contribution in [2.24, 2.45) is 5.41 Å².